The van der Waals surface area contributed by atoms with E-state index in [4.69, 9.17) is 14.5 Å². The zero-order valence-corrected chi connectivity index (χ0v) is 21.4. The molecule has 0 atom stereocenters. The summed E-state index contributed by atoms with van der Waals surface area (Å²) in [6.45, 7) is 14.5. The van der Waals surface area contributed by atoms with Crippen molar-refractivity contribution in [3.63, 3.8) is 0 Å². The van der Waals surface area contributed by atoms with Gasteiger partial charge in [0, 0.05) is 44.5 Å². The van der Waals surface area contributed by atoms with Crippen LogP contribution < -0.4 is 15.4 Å². The summed E-state index contributed by atoms with van der Waals surface area (Å²) >= 11 is 0. The second kappa shape index (κ2) is 15.6. The van der Waals surface area contributed by atoms with E-state index in [1.807, 2.05) is 18.3 Å². The van der Waals surface area contributed by atoms with Crippen molar-refractivity contribution in [2.45, 2.75) is 65.6 Å². The first-order valence-electron chi connectivity index (χ1n) is 11.1. The Morgan fingerprint density at radius 1 is 1.23 bits per heavy atom. The van der Waals surface area contributed by atoms with Crippen LogP contribution in [0.1, 0.15) is 52.5 Å². The highest BCUT2D eigenvalue weighted by Gasteiger charge is 2.19. The fourth-order valence-corrected chi connectivity index (χ4v) is 3.20. The van der Waals surface area contributed by atoms with E-state index in [0.717, 1.165) is 63.6 Å². The smallest absolute Gasteiger partial charge is 0.213 e. The lowest BCUT2D eigenvalue weighted by molar-refractivity contribution is 0.0532. The van der Waals surface area contributed by atoms with Gasteiger partial charge in [-0.3, -0.25) is 0 Å². The van der Waals surface area contributed by atoms with E-state index in [1.54, 1.807) is 0 Å². The minimum Gasteiger partial charge on any atom is -0.478 e. The third-order valence-corrected chi connectivity index (χ3v) is 4.80. The number of rotatable bonds is 11. The molecule has 30 heavy (non-hydrogen) atoms. The highest BCUT2D eigenvalue weighted by molar-refractivity contribution is 14.0. The Kier molecular flexibility index (Phi) is 14.0. The molecule has 0 radical (unpaired) electrons. The molecule has 2 heterocycles. The molecule has 2 rings (SSSR count). The average molecular weight is 533 g/mol. The molecule has 0 unspecified atom stereocenters. The molecule has 172 valence electrons. The quantitative estimate of drug-likeness (QED) is 0.258. The van der Waals surface area contributed by atoms with E-state index in [-0.39, 0.29) is 24.0 Å². The number of halogens is 1. The summed E-state index contributed by atoms with van der Waals surface area (Å²) in [4.78, 5) is 11.6. The van der Waals surface area contributed by atoms with Gasteiger partial charge in [-0.15, -0.1) is 24.0 Å². The van der Waals surface area contributed by atoms with Crippen LogP contribution in [0.15, 0.2) is 23.3 Å². The summed E-state index contributed by atoms with van der Waals surface area (Å²) in [7, 11) is 0. The minimum absolute atomic E-state index is 0. The highest BCUT2D eigenvalue weighted by atomic mass is 127. The van der Waals surface area contributed by atoms with E-state index in [9.17, 15) is 0 Å². The summed E-state index contributed by atoms with van der Waals surface area (Å²) in [5, 5.41) is 6.95. The maximum Gasteiger partial charge on any atom is 0.213 e. The minimum atomic E-state index is 0. The topological polar surface area (TPSA) is 71.0 Å². The van der Waals surface area contributed by atoms with Crippen LogP contribution in [0, 0.1) is 0 Å². The van der Waals surface area contributed by atoms with Crippen molar-refractivity contribution in [3.05, 3.63) is 23.9 Å². The molecule has 1 fully saturated rings. The molecule has 0 aromatic carbocycles. The van der Waals surface area contributed by atoms with Gasteiger partial charge in [-0.2, -0.15) is 0 Å². The molecule has 0 bridgehead atoms. The lowest BCUT2D eigenvalue weighted by atomic mass is 10.1. The van der Waals surface area contributed by atoms with Crippen molar-refractivity contribution in [2.75, 3.05) is 39.4 Å². The van der Waals surface area contributed by atoms with Crippen LogP contribution in [0.3, 0.4) is 0 Å². The normalized spacial score (nSPS) is 15.7. The van der Waals surface area contributed by atoms with E-state index >= 15 is 0 Å². The first-order chi connectivity index (χ1) is 14.1. The van der Waals surface area contributed by atoms with Crippen LogP contribution in [0.4, 0.5) is 0 Å². The van der Waals surface area contributed by atoms with Gasteiger partial charge in [-0.25, -0.2) is 9.98 Å². The van der Waals surface area contributed by atoms with Gasteiger partial charge in [0.2, 0.25) is 5.88 Å². The van der Waals surface area contributed by atoms with Crippen molar-refractivity contribution in [1.29, 1.82) is 0 Å². The zero-order chi connectivity index (χ0) is 20.9. The van der Waals surface area contributed by atoms with Crippen LogP contribution in [-0.4, -0.2) is 67.4 Å². The summed E-state index contributed by atoms with van der Waals surface area (Å²) in [6, 6.07) is 4.40. The second-order valence-electron chi connectivity index (χ2n) is 7.73. The van der Waals surface area contributed by atoms with Crippen molar-refractivity contribution >= 4 is 29.9 Å². The number of piperidine rings is 1. The average Bonchev–Trinajstić information content (AvgIpc) is 2.72. The third kappa shape index (κ3) is 10.8. The van der Waals surface area contributed by atoms with Crippen molar-refractivity contribution in [3.8, 4) is 5.88 Å². The number of hydrogen-bond donors (Lipinski definition) is 2. The van der Waals surface area contributed by atoms with E-state index in [1.165, 1.54) is 0 Å². The van der Waals surface area contributed by atoms with Gasteiger partial charge < -0.3 is 25.0 Å². The fraction of sp³-hybridized carbons (Fsp3) is 0.727. The number of likely N-dealkylation sites (tertiary alicyclic amines) is 1. The first kappa shape index (κ1) is 26.9. The molecule has 1 aliphatic heterocycles. The fourth-order valence-electron chi connectivity index (χ4n) is 3.20. The molecule has 1 aromatic rings. The Morgan fingerprint density at radius 2 is 2.00 bits per heavy atom. The molecule has 1 aromatic heterocycles. The molecule has 8 heteroatoms. The number of nitrogens with one attached hydrogen (secondary N) is 2. The van der Waals surface area contributed by atoms with Crippen LogP contribution >= 0.6 is 24.0 Å². The molecule has 0 aliphatic carbocycles. The number of ether oxygens (including phenoxy) is 2. The summed E-state index contributed by atoms with van der Waals surface area (Å²) in [6.07, 6.45) is 5.38. The Balaban J connectivity index is 0.00000450. The number of hydrogen-bond acceptors (Lipinski definition) is 5. The molecule has 0 amide bonds. The standard InChI is InChI=1S/C22H39N5O2.HI/c1-5-14-29-21-8-7-19(16-24-21)17-25-22(23-6-2)26-20-9-11-27(12-10-20)13-15-28-18(3)4;/h7-8,16,18,20H,5-6,9-15,17H2,1-4H3,(H2,23,25,26);1H. The maximum absolute atomic E-state index is 5.67. The number of aliphatic imine (C=N–C) groups is 1. The van der Waals surface area contributed by atoms with Crippen LogP contribution in [0.2, 0.25) is 0 Å². The van der Waals surface area contributed by atoms with Gasteiger partial charge in [0.1, 0.15) is 0 Å². The lowest BCUT2D eigenvalue weighted by Gasteiger charge is -2.33. The van der Waals surface area contributed by atoms with E-state index in [2.05, 4.69) is 48.2 Å². The van der Waals surface area contributed by atoms with Gasteiger partial charge in [-0.1, -0.05) is 13.0 Å². The summed E-state index contributed by atoms with van der Waals surface area (Å²) in [5.74, 6) is 1.55. The Bertz CT molecular complexity index is 590. The molecule has 7 nitrogen and oxygen atoms in total. The Labute approximate surface area is 199 Å². The second-order valence-corrected chi connectivity index (χ2v) is 7.73. The maximum atomic E-state index is 5.67. The lowest BCUT2D eigenvalue weighted by Crippen LogP contribution is -2.49. The molecule has 2 N–H and O–H groups in total. The Hall–Kier alpha value is -1.13. The van der Waals surface area contributed by atoms with Crippen LogP contribution in [-0.2, 0) is 11.3 Å². The molecule has 0 spiro atoms. The van der Waals surface area contributed by atoms with Crippen LogP contribution in [0.25, 0.3) is 0 Å². The van der Waals surface area contributed by atoms with Gasteiger partial charge in [0.15, 0.2) is 5.96 Å². The van der Waals surface area contributed by atoms with Crippen molar-refractivity contribution < 1.29 is 9.47 Å². The monoisotopic (exact) mass is 533 g/mol. The number of pyridine rings is 1. The van der Waals surface area contributed by atoms with E-state index in [0.29, 0.717) is 31.2 Å². The summed E-state index contributed by atoms with van der Waals surface area (Å²) < 4.78 is 11.2. The van der Waals surface area contributed by atoms with E-state index < -0.39 is 0 Å². The number of guanidine groups is 1. The SMILES string of the molecule is CCCOc1ccc(CN=C(NCC)NC2CCN(CCOC(C)C)CC2)cn1.I. The third-order valence-electron chi connectivity index (χ3n) is 4.80. The first-order valence-corrected chi connectivity index (χ1v) is 11.1. The van der Waals surface area contributed by atoms with Crippen molar-refractivity contribution in [1.82, 2.24) is 20.5 Å². The van der Waals surface area contributed by atoms with Crippen molar-refractivity contribution in [2.24, 2.45) is 4.99 Å². The molecule has 1 saturated heterocycles. The molecular weight excluding hydrogens is 493 g/mol. The predicted molar refractivity (Wildman–Crippen MR) is 134 cm³/mol. The summed E-state index contributed by atoms with van der Waals surface area (Å²) in [5.41, 5.74) is 1.08. The van der Waals surface area contributed by atoms with Gasteiger partial charge >= 0.3 is 0 Å². The van der Waals surface area contributed by atoms with Gasteiger partial charge in [0.05, 0.1) is 25.9 Å². The molecular formula is C22H40IN5O2. The number of nitrogens with zero attached hydrogens (tertiary/aromatic N) is 3. The number of aromatic nitrogens is 1. The van der Waals surface area contributed by atoms with Crippen LogP contribution in [0.5, 0.6) is 5.88 Å². The van der Waals surface area contributed by atoms with Gasteiger partial charge in [-0.05, 0) is 45.6 Å². The Morgan fingerprint density at radius 3 is 2.60 bits per heavy atom. The molecule has 1 aliphatic rings. The zero-order valence-electron chi connectivity index (χ0n) is 19.0. The predicted octanol–water partition coefficient (Wildman–Crippen LogP) is 3.43. The highest BCUT2D eigenvalue weighted by Crippen LogP contribution is 2.11. The molecule has 0 saturated carbocycles. The largest absolute Gasteiger partial charge is 0.478 e. The van der Waals surface area contributed by atoms with Gasteiger partial charge in [0.25, 0.3) is 0 Å².